The first-order valence-electron chi connectivity index (χ1n) is 20.0. The number of aryl methyl sites for hydroxylation is 4. The molecule has 5 aromatic heterocycles. The van der Waals surface area contributed by atoms with E-state index in [-0.39, 0.29) is 5.41 Å². The van der Waals surface area contributed by atoms with Gasteiger partial charge in [-0.3, -0.25) is 0 Å². The van der Waals surface area contributed by atoms with Crippen LogP contribution in [0.15, 0.2) is 122 Å². The van der Waals surface area contributed by atoms with E-state index in [2.05, 4.69) is 182 Å². The van der Waals surface area contributed by atoms with Gasteiger partial charge in [0, 0.05) is 6.20 Å². The van der Waals surface area contributed by atoms with Crippen LogP contribution in [-0.2, 0) is 50.5 Å². The summed E-state index contributed by atoms with van der Waals surface area (Å²) < 4.78 is 14.5. The Morgan fingerprint density at radius 1 is 0.690 bits per heavy atom. The molecule has 0 unspecified atom stereocenters. The Bertz CT molecular complexity index is 3130. The van der Waals surface area contributed by atoms with Crippen LogP contribution in [0.5, 0.6) is 11.5 Å². The molecular weight excluding hydrogens is 894 g/mol. The fourth-order valence-electron chi connectivity index (χ4n) is 8.55. The summed E-state index contributed by atoms with van der Waals surface area (Å²) in [4.78, 5) is 9.56. The summed E-state index contributed by atoms with van der Waals surface area (Å²) in [7, 11) is 0. The molecule has 4 aromatic carbocycles. The van der Waals surface area contributed by atoms with E-state index in [1.54, 1.807) is 6.20 Å². The van der Waals surface area contributed by atoms with Gasteiger partial charge in [-0.15, -0.1) is 0 Å². The molecule has 0 amide bonds. The number of rotatable bonds is 5. The van der Waals surface area contributed by atoms with Crippen molar-refractivity contribution in [1.82, 2.24) is 23.5 Å². The van der Waals surface area contributed by atoms with Crippen molar-refractivity contribution in [2.45, 2.75) is 65.7 Å². The third-order valence-corrected chi connectivity index (χ3v) is 13.0. The third kappa shape index (κ3) is 6.35. The molecular formula is C51H43N5OPt-2. The number of nitrogens with zero attached hydrogens (tertiary/aromatic N) is 5. The molecule has 0 atom stereocenters. The molecule has 4 bridgehead atoms. The van der Waals surface area contributed by atoms with Gasteiger partial charge in [0.15, 0.2) is 0 Å². The van der Waals surface area contributed by atoms with Crippen molar-refractivity contribution in [1.29, 1.82) is 0 Å². The van der Waals surface area contributed by atoms with Crippen LogP contribution in [0.2, 0.25) is 0 Å². The summed E-state index contributed by atoms with van der Waals surface area (Å²) in [5.74, 6) is 1.95. The van der Waals surface area contributed by atoms with Crippen molar-refractivity contribution in [3.05, 3.63) is 177 Å². The molecule has 0 N–H and O–H groups in total. The summed E-state index contributed by atoms with van der Waals surface area (Å²) in [6, 6.07) is 42.1. The average Bonchev–Trinajstić information content (AvgIpc) is 3.75. The van der Waals surface area contributed by atoms with E-state index < -0.39 is 0 Å². The van der Waals surface area contributed by atoms with Crippen LogP contribution >= 0.6 is 0 Å². The van der Waals surface area contributed by atoms with Crippen LogP contribution in [0.25, 0.3) is 50.0 Å². The first kappa shape index (κ1) is 36.5. The Morgan fingerprint density at radius 2 is 1.45 bits per heavy atom. The Hall–Kier alpha value is -5.84. The number of ether oxygens (including phenoxy) is 1. The number of pyridine rings is 3. The minimum absolute atomic E-state index is 0.0353. The Labute approximate surface area is 349 Å². The van der Waals surface area contributed by atoms with Gasteiger partial charge in [0.1, 0.15) is 0 Å². The molecule has 290 valence electrons. The molecule has 9 aromatic rings. The van der Waals surface area contributed by atoms with Crippen molar-refractivity contribution < 1.29 is 24.1 Å². The van der Waals surface area contributed by atoms with Crippen LogP contribution in [0.4, 0.5) is 0 Å². The molecule has 7 heteroatoms. The molecule has 7 heterocycles. The van der Waals surface area contributed by atoms with E-state index in [9.17, 15) is 0 Å². The molecule has 6 nitrogen and oxygen atoms in total. The molecule has 0 fully saturated rings. The zero-order valence-corrected chi connectivity index (χ0v) is 35.6. The monoisotopic (exact) mass is 936 g/mol. The second-order valence-electron chi connectivity index (χ2n) is 16.5. The first-order chi connectivity index (χ1) is 28.1. The molecule has 0 radical (unpaired) electrons. The molecule has 0 saturated heterocycles. The van der Waals surface area contributed by atoms with E-state index in [4.69, 9.17) is 9.72 Å². The summed E-state index contributed by atoms with van der Waals surface area (Å²) in [6.07, 6.45) is 11.6. The van der Waals surface area contributed by atoms with Gasteiger partial charge in [-0.2, -0.15) is 0 Å². The normalized spacial score (nSPS) is 13.1. The van der Waals surface area contributed by atoms with Gasteiger partial charge in [-0.05, 0) is 28.2 Å². The predicted octanol–water partition coefficient (Wildman–Crippen LogP) is 11.6. The van der Waals surface area contributed by atoms with E-state index in [1.807, 2.05) is 18.5 Å². The van der Waals surface area contributed by atoms with Gasteiger partial charge in [0.2, 0.25) is 0 Å². The Kier molecular flexibility index (Phi) is 8.94. The fourth-order valence-corrected chi connectivity index (χ4v) is 9.57. The molecule has 0 saturated carbocycles. The SMILES string of the molecule is Cc1c2ccc(c1C)CCc1ccc(c3cn(-c4[c-]c(Oc5[c-]c6c(cc5)c5cc(-c7ccccc7)ccc5n6-c5cc(C(C)(C)C)ccn5)cnc4)[c](=[Pt])n13)CC2. The van der Waals surface area contributed by atoms with E-state index in [0.29, 0.717) is 11.5 Å². The van der Waals surface area contributed by atoms with Crippen LogP contribution in [0.3, 0.4) is 0 Å². The van der Waals surface area contributed by atoms with Crippen molar-refractivity contribution in [3.8, 4) is 34.1 Å². The van der Waals surface area contributed by atoms with Crippen LogP contribution in [-0.4, -0.2) is 23.5 Å². The number of aromatic nitrogens is 5. The number of hydrogen-bond donors (Lipinski definition) is 0. The Morgan fingerprint density at radius 3 is 2.24 bits per heavy atom. The van der Waals surface area contributed by atoms with Gasteiger partial charge >= 0.3 is 260 Å². The Balaban J connectivity index is 1.05. The van der Waals surface area contributed by atoms with Gasteiger partial charge in [-0.25, -0.2) is 0 Å². The molecule has 0 spiro atoms. The van der Waals surface area contributed by atoms with Crippen molar-refractivity contribution in [3.63, 3.8) is 0 Å². The third-order valence-electron chi connectivity index (χ3n) is 12.0. The fraction of sp³-hybridized carbons (Fsp3) is 0.196. The van der Waals surface area contributed by atoms with E-state index in [1.165, 1.54) is 50.2 Å². The van der Waals surface area contributed by atoms with Crippen LogP contribution in [0, 0.1) is 29.8 Å². The topological polar surface area (TPSA) is 49.3 Å². The van der Waals surface area contributed by atoms with Crippen LogP contribution < -0.4 is 4.74 Å². The number of benzene rings is 4. The van der Waals surface area contributed by atoms with Gasteiger partial charge in [0.05, 0.1) is 0 Å². The summed E-state index contributed by atoms with van der Waals surface area (Å²) >= 11 is 2.45. The first-order valence-corrected chi connectivity index (χ1v) is 21.1. The molecule has 2 aliphatic heterocycles. The summed E-state index contributed by atoms with van der Waals surface area (Å²) in [5, 5.41) is 2.21. The number of fused-ring (bicyclic) bond motifs is 3. The van der Waals surface area contributed by atoms with Crippen molar-refractivity contribution >= 4 is 27.3 Å². The maximum absolute atomic E-state index is 6.58. The number of imidazole rings is 1. The molecule has 58 heavy (non-hydrogen) atoms. The number of hydrogen-bond acceptors (Lipinski definition) is 3. The minimum atomic E-state index is -0.0353. The summed E-state index contributed by atoms with van der Waals surface area (Å²) in [6.45, 7) is 11.3. The zero-order valence-electron chi connectivity index (χ0n) is 33.3. The summed E-state index contributed by atoms with van der Waals surface area (Å²) in [5.41, 5.74) is 15.9. The quantitative estimate of drug-likeness (QED) is 0.162. The average molecular weight is 937 g/mol. The second kappa shape index (κ2) is 14.2. The van der Waals surface area contributed by atoms with E-state index in [0.717, 1.165) is 68.4 Å². The zero-order chi connectivity index (χ0) is 39.7. The van der Waals surface area contributed by atoms with Crippen molar-refractivity contribution in [2.24, 2.45) is 0 Å². The van der Waals surface area contributed by atoms with Crippen LogP contribution in [0.1, 0.15) is 59.8 Å². The molecule has 2 aliphatic carbocycles. The van der Waals surface area contributed by atoms with E-state index >= 15 is 0 Å². The second-order valence-corrected chi connectivity index (χ2v) is 17.5. The van der Waals surface area contributed by atoms with Gasteiger partial charge in [0.25, 0.3) is 0 Å². The molecule has 13 rings (SSSR count). The standard InChI is InChI=1S/C51H43N5O.Pt/c1-33-34(2)36-12-11-35(33)13-14-38-16-19-41(18-15-36)55-32-54(31-49(38)55)42-27-44(30-52-29-42)57-43-20-21-45-46-25-39(37-9-7-6-8-10-37)17-22-47(46)56(48(45)28-43)50-26-40(23-24-53-50)51(3,4)5;/h6-12,16-17,19-26,29-31H,13-15,18H2,1-5H3;/q-2;. The predicted molar refractivity (Wildman–Crippen MR) is 229 cm³/mol. The van der Waals surface area contributed by atoms with Crippen molar-refractivity contribution in [2.75, 3.05) is 0 Å². The molecule has 4 aliphatic rings. The van der Waals surface area contributed by atoms with Gasteiger partial charge in [-0.1, -0.05) is 57.2 Å². The van der Waals surface area contributed by atoms with Gasteiger partial charge < -0.3 is 0 Å². The maximum atomic E-state index is 6.58.